The molecule has 0 fully saturated rings. The Labute approximate surface area is 142 Å². The van der Waals surface area contributed by atoms with Crippen molar-refractivity contribution >= 4 is 16.6 Å². The zero-order valence-corrected chi connectivity index (χ0v) is 19.1. The zero-order chi connectivity index (χ0) is 17.7. The van der Waals surface area contributed by atoms with Crippen molar-refractivity contribution in [1.82, 2.24) is 0 Å². The molecule has 4 heteroatoms. The van der Waals surface area contributed by atoms with Gasteiger partial charge in [-0.1, -0.05) is 41.5 Å². The van der Waals surface area contributed by atoms with E-state index < -0.39 is 16.6 Å². The van der Waals surface area contributed by atoms with E-state index in [1.807, 2.05) is 0 Å². The van der Waals surface area contributed by atoms with Gasteiger partial charge < -0.3 is 8.85 Å². The maximum atomic E-state index is 6.85. The van der Waals surface area contributed by atoms with Crippen LogP contribution >= 0.6 is 0 Å². The summed E-state index contributed by atoms with van der Waals surface area (Å²) in [6, 6.07) is 7.15. The third kappa shape index (κ3) is 4.92. The van der Waals surface area contributed by atoms with Crippen LogP contribution in [0.5, 0.6) is 0 Å². The van der Waals surface area contributed by atoms with E-state index in [0.29, 0.717) is 0 Å². The fourth-order valence-corrected chi connectivity index (χ4v) is 9.78. The van der Waals surface area contributed by atoms with Crippen LogP contribution in [0.1, 0.15) is 69.2 Å². The first-order valence-corrected chi connectivity index (χ1v) is 14.5. The molecule has 0 amide bonds. The first-order chi connectivity index (χ1) is 10.0. The van der Waals surface area contributed by atoms with Crippen LogP contribution in [0.2, 0.25) is 36.3 Å². The molecule has 134 valence electrons. The summed E-state index contributed by atoms with van der Waals surface area (Å²) in [6.45, 7) is 22.8. The summed E-state index contributed by atoms with van der Waals surface area (Å²) < 4.78 is 13.7. The van der Waals surface area contributed by atoms with E-state index in [9.17, 15) is 0 Å². The average molecular weight is 347 g/mol. The second-order valence-electron chi connectivity index (χ2n) is 7.71. The molecule has 0 aliphatic heterocycles. The average Bonchev–Trinajstić information content (AvgIpc) is 2.50. The predicted molar refractivity (Wildman–Crippen MR) is 105 cm³/mol. The van der Waals surface area contributed by atoms with E-state index in [1.54, 1.807) is 0 Å². The predicted octanol–water partition coefficient (Wildman–Crippen LogP) is 6.59. The maximum absolute atomic E-state index is 6.85. The summed E-state index contributed by atoms with van der Waals surface area (Å²) >= 11 is 0. The lowest BCUT2D eigenvalue weighted by molar-refractivity contribution is -0.0868. The molecule has 0 saturated carbocycles. The molecule has 0 aromatic rings. The molecule has 0 N–H and O–H groups in total. The third-order valence-electron chi connectivity index (χ3n) is 6.26. The van der Waals surface area contributed by atoms with Gasteiger partial charge >= 0.3 is 0 Å². The van der Waals surface area contributed by atoms with Crippen LogP contribution in [0.3, 0.4) is 0 Å². The smallest absolute Gasteiger partial charge is 0.192 e. The fourth-order valence-electron chi connectivity index (χ4n) is 3.26. The monoisotopic (exact) mass is 346 g/mol. The molecular weight excluding hydrogens is 304 g/mol. The SMILES string of the molecule is CC[Si](CC)(CC)OC(C)(C)C(C)(C)O[Si](CC)(CC)CC. The first-order valence-electron chi connectivity index (χ1n) is 9.43. The highest BCUT2D eigenvalue weighted by Crippen LogP contribution is 2.39. The molecule has 0 spiro atoms. The van der Waals surface area contributed by atoms with Gasteiger partial charge in [0.25, 0.3) is 0 Å². The lowest BCUT2D eigenvalue weighted by atomic mass is 9.90. The topological polar surface area (TPSA) is 18.5 Å². The molecule has 0 aromatic heterocycles. The summed E-state index contributed by atoms with van der Waals surface area (Å²) in [6.07, 6.45) is 0. The molecule has 2 nitrogen and oxygen atoms in total. The number of rotatable bonds is 11. The van der Waals surface area contributed by atoms with Crippen molar-refractivity contribution in [1.29, 1.82) is 0 Å². The number of hydrogen-bond donors (Lipinski definition) is 0. The third-order valence-corrected chi connectivity index (χ3v) is 15.9. The lowest BCUT2D eigenvalue weighted by Gasteiger charge is -2.50. The Morgan fingerprint density at radius 2 is 0.682 bits per heavy atom. The van der Waals surface area contributed by atoms with Crippen molar-refractivity contribution < 1.29 is 8.85 Å². The van der Waals surface area contributed by atoms with E-state index >= 15 is 0 Å². The van der Waals surface area contributed by atoms with Crippen LogP contribution in [-0.2, 0) is 8.85 Å². The van der Waals surface area contributed by atoms with Crippen molar-refractivity contribution in [3.8, 4) is 0 Å². The Morgan fingerprint density at radius 1 is 0.500 bits per heavy atom. The van der Waals surface area contributed by atoms with Crippen LogP contribution in [0.25, 0.3) is 0 Å². The molecule has 22 heavy (non-hydrogen) atoms. The lowest BCUT2D eigenvalue weighted by Crippen LogP contribution is -2.59. The van der Waals surface area contributed by atoms with Gasteiger partial charge in [-0.05, 0) is 64.0 Å². The minimum absolute atomic E-state index is 0.237. The molecule has 0 unspecified atom stereocenters. The molecule has 0 atom stereocenters. The van der Waals surface area contributed by atoms with Crippen molar-refractivity contribution in [3.05, 3.63) is 0 Å². The first kappa shape index (κ1) is 22.4. The van der Waals surface area contributed by atoms with Crippen LogP contribution < -0.4 is 0 Å². The summed E-state index contributed by atoms with van der Waals surface area (Å²) in [5, 5.41) is 0. The summed E-state index contributed by atoms with van der Waals surface area (Å²) in [5.41, 5.74) is -0.474. The normalized spacial score (nSPS) is 14.5. The van der Waals surface area contributed by atoms with Crippen LogP contribution in [0, 0.1) is 0 Å². The van der Waals surface area contributed by atoms with E-state index in [0.717, 1.165) is 0 Å². The fraction of sp³-hybridized carbons (Fsp3) is 1.00. The van der Waals surface area contributed by atoms with Gasteiger partial charge in [0.1, 0.15) is 0 Å². The van der Waals surface area contributed by atoms with Crippen molar-refractivity contribution in [2.24, 2.45) is 0 Å². The highest BCUT2D eigenvalue weighted by Gasteiger charge is 2.48. The zero-order valence-electron chi connectivity index (χ0n) is 17.1. The minimum Gasteiger partial charge on any atom is -0.409 e. The van der Waals surface area contributed by atoms with Gasteiger partial charge in [-0.3, -0.25) is 0 Å². The van der Waals surface area contributed by atoms with Gasteiger partial charge in [0.05, 0.1) is 11.2 Å². The Kier molecular flexibility index (Phi) is 8.59. The van der Waals surface area contributed by atoms with E-state index in [4.69, 9.17) is 8.85 Å². The van der Waals surface area contributed by atoms with Crippen molar-refractivity contribution in [2.75, 3.05) is 0 Å². The van der Waals surface area contributed by atoms with E-state index in [1.165, 1.54) is 36.3 Å². The van der Waals surface area contributed by atoms with Crippen molar-refractivity contribution in [2.45, 2.75) is 117 Å². The Morgan fingerprint density at radius 3 is 0.818 bits per heavy atom. The summed E-state index contributed by atoms with van der Waals surface area (Å²) in [5.74, 6) is 0. The largest absolute Gasteiger partial charge is 0.409 e. The molecule has 0 aliphatic rings. The second kappa shape index (κ2) is 8.45. The van der Waals surface area contributed by atoms with E-state index in [2.05, 4.69) is 69.2 Å². The maximum Gasteiger partial charge on any atom is 0.192 e. The van der Waals surface area contributed by atoms with Crippen LogP contribution in [0.4, 0.5) is 0 Å². The molecule has 0 saturated heterocycles. The quantitative estimate of drug-likeness (QED) is 0.393. The van der Waals surface area contributed by atoms with Gasteiger partial charge in [0.15, 0.2) is 16.6 Å². The highest BCUT2D eigenvalue weighted by molar-refractivity contribution is 6.74. The molecule has 0 bridgehead atoms. The second-order valence-corrected chi connectivity index (χ2v) is 17.1. The Hall–Kier alpha value is 0.354. The highest BCUT2D eigenvalue weighted by atomic mass is 28.4. The minimum atomic E-state index is -1.63. The number of hydrogen-bond acceptors (Lipinski definition) is 2. The molecular formula is C18H42O2Si2. The van der Waals surface area contributed by atoms with Gasteiger partial charge in [0.2, 0.25) is 0 Å². The molecule has 0 heterocycles. The van der Waals surface area contributed by atoms with Gasteiger partial charge in [-0.2, -0.15) is 0 Å². The van der Waals surface area contributed by atoms with E-state index in [-0.39, 0.29) is 11.2 Å². The standard InChI is InChI=1S/C18H42O2Si2/c1-11-21(12-2,13-3)19-17(7,8)18(9,10)20-22(14-4,15-5)16-6/h11-16H2,1-10H3. The van der Waals surface area contributed by atoms with Crippen LogP contribution in [-0.4, -0.2) is 27.8 Å². The molecule has 0 radical (unpaired) electrons. The Balaban J connectivity index is 5.39. The molecule has 0 aliphatic carbocycles. The van der Waals surface area contributed by atoms with Gasteiger partial charge in [-0.15, -0.1) is 0 Å². The van der Waals surface area contributed by atoms with Crippen molar-refractivity contribution in [3.63, 3.8) is 0 Å². The Bertz CT molecular complexity index is 271. The molecule has 0 aromatic carbocycles. The van der Waals surface area contributed by atoms with Crippen LogP contribution in [0.15, 0.2) is 0 Å². The summed E-state index contributed by atoms with van der Waals surface area (Å²) in [7, 11) is -3.27. The van der Waals surface area contributed by atoms with Gasteiger partial charge in [0, 0.05) is 0 Å². The summed E-state index contributed by atoms with van der Waals surface area (Å²) in [4.78, 5) is 0. The molecule has 0 rings (SSSR count). The van der Waals surface area contributed by atoms with Gasteiger partial charge in [-0.25, -0.2) is 0 Å².